The van der Waals surface area contributed by atoms with Crippen LogP contribution >= 0.6 is 11.6 Å². The number of carbonyl (C=O) groups excluding carboxylic acids is 2. The van der Waals surface area contributed by atoms with E-state index in [2.05, 4.69) is 5.32 Å². The van der Waals surface area contributed by atoms with Crippen LogP contribution in [-0.4, -0.2) is 19.0 Å². The van der Waals surface area contributed by atoms with Crippen molar-refractivity contribution in [3.05, 3.63) is 34.9 Å². The third-order valence-electron chi connectivity index (χ3n) is 3.92. The van der Waals surface area contributed by atoms with Crippen LogP contribution in [0.2, 0.25) is 5.02 Å². The summed E-state index contributed by atoms with van der Waals surface area (Å²) in [5, 5.41) is 3.50. The second-order valence-corrected chi connectivity index (χ2v) is 5.75. The highest BCUT2D eigenvalue weighted by atomic mass is 35.5. The summed E-state index contributed by atoms with van der Waals surface area (Å²) in [5.74, 6) is -0.319. The van der Waals surface area contributed by atoms with Gasteiger partial charge in [-0.15, -0.1) is 0 Å². The number of halogens is 1. The minimum absolute atomic E-state index is 0.00122. The van der Waals surface area contributed by atoms with Crippen LogP contribution in [0.25, 0.3) is 0 Å². The van der Waals surface area contributed by atoms with Crippen LogP contribution in [-0.2, 0) is 14.3 Å². The maximum Gasteiger partial charge on any atom is 0.307 e. The number of esters is 1. The fourth-order valence-electron chi connectivity index (χ4n) is 2.72. The third-order valence-corrected chi connectivity index (χ3v) is 4.27. The van der Waals surface area contributed by atoms with E-state index in [1.165, 1.54) is 7.11 Å². The molecule has 0 heterocycles. The summed E-state index contributed by atoms with van der Waals surface area (Å²) in [6, 6.07) is 6.79. The molecule has 0 spiro atoms. The molecule has 1 N–H and O–H groups in total. The monoisotopic (exact) mass is 309 g/mol. The Hall–Kier alpha value is -1.55. The molecule has 114 valence electrons. The van der Waals surface area contributed by atoms with E-state index in [1.54, 1.807) is 6.07 Å². The van der Waals surface area contributed by atoms with Crippen LogP contribution in [0, 0.1) is 5.92 Å². The molecule has 0 radical (unpaired) electrons. The summed E-state index contributed by atoms with van der Waals surface area (Å²) >= 11 is 6.19. The lowest BCUT2D eigenvalue weighted by Gasteiger charge is -2.21. The highest BCUT2D eigenvalue weighted by Crippen LogP contribution is 2.29. The van der Waals surface area contributed by atoms with Crippen LogP contribution in [0.1, 0.15) is 43.7 Å². The van der Waals surface area contributed by atoms with E-state index in [9.17, 15) is 9.59 Å². The number of methoxy groups -OCH3 is 1. The van der Waals surface area contributed by atoms with E-state index < -0.39 is 6.04 Å². The first-order chi connectivity index (χ1) is 10.1. The molecule has 1 aromatic carbocycles. The molecule has 4 nitrogen and oxygen atoms in total. The van der Waals surface area contributed by atoms with Gasteiger partial charge in [0.25, 0.3) is 0 Å². The average molecular weight is 310 g/mol. The number of nitrogens with one attached hydrogen (secondary N) is 1. The Morgan fingerprint density at radius 1 is 1.33 bits per heavy atom. The zero-order chi connectivity index (χ0) is 15.2. The molecule has 1 fully saturated rings. The Bertz CT molecular complexity index is 512. The van der Waals surface area contributed by atoms with Crippen molar-refractivity contribution >= 4 is 23.5 Å². The summed E-state index contributed by atoms with van der Waals surface area (Å²) in [6.07, 6.45) is 4.09. The first-order valence-corrected chi connectivity index (χ1v) is 7.61. The van der Waals surface area contributed by atoms with Gasteiger partial charge in [-0.1, -0.05) is 42.6 Å². The van der Waals surface area contributed by atoms with E-state index in [0.717, 1.165) is 31.2 Å². The SMILES string of the molecule is COC(=O)CC(NC(=O)C1CCCC1)c1ccccc1Cl. The number of hydrogen-bond acceptors (Lipinski definition) is 3. The van der Waals surface area contributed by atoms with Crippen molar-refractivity contribution in [2.75, 3.05) is 7.11 Å². The summed E-state index contributed by atoms with van der Waals surface area (Å²) < 4.78 is 4.72. The fraction of sp³-hybridized carbons (Fsp3) is 0.500. The zero-order valence-corrected chi connectivity index (χ0v) is 12.9. The topological polar surface area (TPSA) is 55.4 Å². The predicted molar refractivity (Wildman–Crippen MR) is 80.9 cm³/mol. The number of hydrogen-bond donors (Lipinski definition) is 1. The molecule has 1 saturated carbocycles. The Kier molecular flexibility index (Phi) is 5.62. The molecule has 0 aliphatic heterocycles. The summed E-state index contributed by atoms with van der Waals surface area (Å²) in [7, 11) is 1.34. The van der Waals surface area contributed by atoms with Gasteiger partial charge < -0.3 is 10.1 Å². The molecule has 0 saturated heterocycles. The molecule has 2 rings (SSSR count). The molecule has 0 bridgehead atoms. The first kappa shape index (κ1) is 15.8. The first-order valence-electron chi connectivity index (χ1n) is 7.23. The molecule has 1 aliphatic carbocycles. The van der Waals surface area contributed by atoms with Gasteiger partial charge in [-0.25, -0.2) is 0 Å². The van der Waals surface area contributed by atoms with Gasteiger partial charge in [0.05, 0.1) is 19.6 Å². The van der Waals surface area contributed by atoms with Crippen molar-refractivity contribution in [2.45, 2.75) is 38.1 Å². The molecule has 21 heavy (non-hydrogen) atoms. The standard InChI is InChI=1S/C16H20ClNO3/c1-21-15(19)10-14(12-8-4-5-9-13(12)17)18-16(20)11-6-2-3-7-11/h4-5,8-9,11,14H,2-3,6-7,10H2,1H3,(H,18,20). The Labute approximate surface area is 129 Å². The van der Waals surface area contributed by atoms with Crippen molar-refractivity contribution in [3.8, 4) is 0 Å². The third kappa shape index (κ3) is 4.21. The minimum atomic E-state index is -0.445. The van der Waals surface area contributed by atoms with Crippen LogP contribution < -0.4 is 5.32 Å². The largest absolute Gasteiger partial charge is 0.469 e. The van der Waals surface area contributed by atoms with Gasteiger partial charge in [-0.2, -0.15) is 0 Å². The van der Waals surface area contributed by atoms with Gasteiger partial charge in [0, 0.05) is 10.9 Å². The van der Waals surface area contributed by atoms with Crippen molar-refractivity contribution in [1.29, 1.82) is 0 Å². The highest BCUT2D eigenvalue weighted by Gasteiger charge is 2.27. The summed E-state index contributed by atoms with van der Waals surface area (Å²) in [6.45, 7) is 0. The van der Waals surface area contributed by atoms with Gasteiger partial charge >= 0.3 is 5.97 Å². The van der Waals surface area contributed by atoms with Crippen molar-refractivity contribution in [1.82, 2.24) is 5.32 Å². The maximum atomic E-state index is 12.3. The second kappa shape index (κ2) is 7.46. The Morgan fingerprint density at radius 3 is 2.62 bits per heavy atom. The van der Waals surface area contributed by atoms with E-state index in [1.807, 2.05) is 18.2 Å². The fourth-order valence-corrected chi connectivity index (χ4v) is 2.99. The highest BCUT2D eigenvalue weighted by molar-refractivity contribution is 6.31. The maximum absolute atomic E-state index is 12.3. The van der Waals surface area contributed by atoms with E-state index in [0.29, 0.717) is 5.02 Å². The van der Waals surface area contributed by atoms with Gasteiger partial charge in [-0.3, -0.25) is 9.59 Å². The lowest BCUT2D eigenvalue weighted by atomic mass is 10.0. The Morgan fingerprint density at radius 2 is 2.00 bits per heavy atom. The molecule has 1 aliphatic rings. The van der Waals surface area contributed by atoms with Gasteiger partial charge in [0.1, 0.15) is 0 Å². The molecule has 1 unspecified atom stereocenters. The molecule has 0 aromatic heterocycles. The lowest BCUT2D eigenvalue weighted by molar-refractivity contribution is -0.141. The van der Waals surface area contributed by atoms with E-state index in [-0.39, 0.29) is 24.2 Å². The normalized spacial score (nSPS) is 16.5. The second-order valence-electron chi connectivity index (χ2n) is 5.34. The minimum Gasteiger partial charge on any atom is -0.469 e. The summed E-state index contributed by atoms with van der Waals surface area (Å²) in [5.41, 5.74) is 0.746. The average Bonchev–Trinajstić information content (AvgIpc) is 3.01. The molecule has 1 atom stereocenters. The van der Waals surface area contributed by atoms with Crippen molar-refractivity contribution < 1.29 is 14.3 Å². The van der Waals surface area contributed by atoms with Crippen LogP contribution in [0.15, 0.2) is 24.3 Å². The van der Waals surface area contributed by atoms with E-state index >= 15 is 0 Å². The number of amides is 1. The Balaban J connectivity index is 2.13. The van der Waals surface area contributed by atoms with Crippen LogP contribution in [0.5, 0.6) is 0 Å². The van der Waals surface area contributed by atoms with Gasteiger partial charge in [0.15, 0.2) is 0 Å². The zero-order valence-electron chi connectivity index (χ0n) is 12.1. The molecule has 5 heteroatoms. The molecule has 1 amide bonds. The molecule has 1 aromatic rings. The van der Waals surface area contributed by atoms with Crippen molar-refractivity contribution in [2.24, 2.45) is 5.92 Å². The van der Waals surface area contributed by atoms with Gasteiger partial charge in [0.2, 0.25) is 5.91 Å². The number of rotatable bonds is 5. The van der Waals surface area contributed by atoms with E-state index in [4.69, 9.17) is 16.3 Å². The number of carbonyl (C=O) groups is 2. The van der Waals surface area contributed by atoms with Gasteiger partial charge in [-0.05, 0) is 24.5 Å². The number of ether oxygens (including phenoxy) is 1. The molecular formula is C16H20ClNO3. The summed E-state index contributed by atoms with van der Waals surface area (Å²) in [4.78, 5) is 23.9. The smallest absolute Gasteiger partial charge is 0.307 e. The predicted octanol–water partition coefficient (Wildman–Crippen LogP) is 3.25. The number of benzene rings is 1. The van der Waals surface area contributed by atoms with Crippen molar-refractivity contribution in [3.63, 3.8) is 0 Å². The lowest BCUT2D eigenvalue weighted by Crippen LogP contribution is -2.34. The van der Waals surface area contributed by atoms with Crippen LogP contribution in [0.4, 0.5) is 0 Å². The quantitative estimate of drug-likeness (QED) is 0.849. The van der Waals surface area contributed by atoms with Crippen LogP contribution in [0.3, 0.4) is 0 Å². The molecular weight excluding hydrogens is 290 g/mol.